The van der Waals surface area contributed by atoms with Crippen molar-refractivity contribution in [2.75, 3.05) is 37.6 Å². The first-order chi connectivity index (χ1) is 15.4. The maximum absolute atomic E-state index is 5.80. The molecule has 2 aromatic rings. The number of benzene rings is 1. The van der Waals surface area contributed by atoms with E-state index in [-0.39, 0.29) is 11.7 Å². The Morgan fingerprint density at radius 2 is 2.00 bits per heavy atom. The lowest BCUT2D eigenvalue weighted by Gasteiger charge is -2.42. The van der Waals surface area contributed by atoms with Gasteiger partial charge in [-0.15, -0.1) is 0 Å². The third-order valence-electron chi connectivity index (χ3n) is 6.20. The zero-order chi connectivity index (χ0) is 22.6. The van der Waals surface area contributed by atoms with Crippen LogP contribution in [0.3, 0.4) is 0 Å². The first-order valence-corrected chi connectivity index (χ1v) is 11.4. The van der Waals surface area contributed by atoms with E-state index in [9.17, 15) is 0 Å². The Morgan fingerprint density at radius 1 is 1.22 bits per heavy atom. The van der Waals surface area contributed by atoms with Crippen LogP contribution in [0.1, 0.15) is 37.1 Å². The molecule has 0 amide bonds. The topological polar surface area (TPSA) is 79.3 Å². The van der Waals surface area contributed by atoms with Crippen molar-refractivity contribution in [3.8, 4) is 0 Å². The van der Waals surface area contributed by atoms with Crippen LogP contribution in [-0.2, 0) is 11.3 Å². The summed E-state index contributed by atoms with van der Waals surface area (Å²) >= 11 is 0. The number of rotatable bonds is 7. The van der Waals surface area contributed by atoms with Gasteiger partial charge >= 0.3 is 0 Å². The smallest absolute Gasteiger partial charge is 0.108 e. The third-order valence-corrected chi connectivity index (χ3v) is 6.20. The minimum atomic E-state index is -0.0126. The summed E-state index contributed by atoms with van der Waals surface area (Å²) in [5.41, 5.74) is 5.22. The summed E-state index contributed by atoms with van der Waals surface area (Å²) in [4.78, 5) is 13.9. The average molecular weight is 435 g/mol. The normalized spacial score (nSPS) is 21.7. The zero-order valence-corrected chi connectivity index (χ0v) is 19.4. The first-order valence-electron chi connectivity index (χ1n) is 11.4. The largest absolute Gasteiger partial charge is 0.370 e. The standard InChI is InChI=1S/C25H34N6O/c1-19-14-21(31-12-10-30(11-13-31)18-20-6-4-5-9-28-20)7-8-23(19)24(29-26)17-27-16-22-15-25(2,3)32-22/h4-9,14,17,22H,10-13,15-16,18,26H2,1-3H3/b27-17?,29-24+. The highest BCUT2D eigenvalue weighted by Gasteiger charge is 2.36. The predicted octanol–water partition coefficient (Wildman–Crippen LogP) is 3.01. The van der Waals surface area contributed by atoms with Gasteiger partial charge in [0, 0.05) is 62.8 Å². The van der Waals surface area contributed by atoms with Crippen LogP contribution in [-0.4, -0.2) is 66.2 Å². The molecule has 0 radical (unpaired) electrons. The van der Waals surface area contributed by atoms with Gasteiger partial charge < -0.3 is 15.5 Å². The van der Waals surface area contributed by atoms with Gasteiger partial charge in [0.1, 0.15) is 5.71 Å². The van der Waals surface area contributed by atoms with E-state index in [2.05, 4.69) is 69.9 Å². The van der Waals surface area contributed by atoms with Gasteiger partial charge in [-0.2, -0.15) is 5.10 Å². The second-order valence-corrected chi connectivity index (χ2v) is 9.30. The summed E-state index contributed by atoms with van der Waals surface area (Å²) in [7, 11) is 0. The number of aryl methyl sites for hydroxylation is 1. The molecule has 1 atom stereocenters. The number of hydrogen-bond donors (Lipinski definition) is 1. The van der Waals surface area contributed by atoms with E-state index >= 15 is 0 Å². The predicted molar refractivity (Wildman–Crippen MR) is 131 cm³/mol. The van der Waals surface area contributed by atoms with Gasteiger partial charge in [0.15, 0.2) is 0 Å². The summed E-state index contributed by atoms with van der Waals surface area (Å²) < 4.78 is 5.80. The molecule has 3 heterocycles. The molecule has 1 unspecified atom stereocenters. The molecule has 0 bridgehead atoms. The number of piperazine rings is 1. The minimum absolute atomic E-state index is 0.0126. The molecule has 2 saturated heterocycles. The van der Waals surface area contributed by atoms with Gasteiger partial charge in [-0.3, -0.25) is 14.9 Å². The van der Waals surface area contributed by atoms with Crippen molar-refractivity contribution < 1.29 is 4.74 Å². The molecule has 7 nitrogen and oxygen atoms in total. The molecule has 2 N–H and O–H groups in total. The maximum atomic E-state index is 5.80. The van der Waals surface area contributed by atoms with Crippen molar-refractivity contribution in [1.82, 2.24) is 9.88 Å². The molecule has 2 fully saturated rings. The Morgan fingerprint density at radius 3 is 2.62 bits per heavy atom. The van der Waals surface area contributed by atoms with Gasteiger partial charge in [0.25, 0.3) is 0 Å². The van der Waals surface area contributed by atoms with Crippen LogP contribution in [0.2, 0.25) is 0 Å². The van der Waals surface area contributed by atoms with Crippen molar-refractivity contribution in [2.45, 2.75) is 45.4 Å². The van der Waals surface area contributed by atoms with E-state index in [4.69, 9.17) is 10.6 Å². The second kappa shape index (κ2) is 9.79. The van der Waals surface area contributed by atoms with E-state index < -0.39 is 0 Å². The van der Waals surface area contributed by atoms with Crippen LogP contribution in [0.5, 0.6) is 0 Å². The SMILES string of the molecule is Cc1cc(N2CCN(Cc3ccccn3)CC2)ccc1/C(C=NCC1CC(C)(C)O1)=N/N. The number of pyridine rings is 1. The molecule has 0 saturated carbocycles. The molecule has 1 aromatic carbocycles. The van der Waals surface area contributed by atoms with E-state index in [1.165, 1.54) is 5.69 Å². The summed E-state index contributed by atoms with van der Waals surface area (Å²) in [6, 6.07) is 12.6. The van der Waals surface area contributed by atoms with Gasteiger partial charge in [-0.1, -0.05) is 12.1 Å². The molecule has 0 aliphatic carbocycles. The van der Waals surface area contributed by atoms with Crippen LogP contribution in [0.15, 0.2) is 52.7 Å². The Bertz CT molecular complexity index is 956. The molecular weight excluding hydrogens is 400 g/mol. The van der Waals surface area contributed by atoms with E-state index in [1.54, 1.807) is 6.21 Å². The minimum Gasteiger partial charge on any atom is -0.370 e. The first kappa shape index (κ1) is 22.4. The van der Waals surface area contributed by atoms with Crippen LogP contribution in [0, 0.1) is 6.92 Å². The fourth-order valence-corrected chi connectivity index (χ4v) is 4.54. The zero-order valence-electron chi connectivity index (χ0n) is 19.4. The Balaban J connectivity index is 1.32. The number of anilines is 1. The van der Waals surface area contributed by atoms with Gasteiger partial charge in [-0.05, 0) is 50.6 Å². The Labute approximate surface area is 191 Å². The number of aliphatic imine (C=N–C) groups is 1. The number of ether oxygens (including phenoxy) is 1. The highest BCUT2D eigenvalue weighted by Crippen LogP contribution is 2.31. The summed E-state index contributed by atoms with van der Waals surface area (Å²) in [5.74, 6) is 5.68. The summed E-state index contributed by atoms with van der Waals surface area (Å²) in [6.45, 7) is 11.9. The molecule has 7 heteroatoms. The average Bonchev–Trinajstić information content (AvgIpc) is 2.77. The molecule has 32 heavy (non-hydrogen) atoms. The second-order valence-electron chi connectivity index (χ2n) is 9.30. The Kier molecular flexibility index (Phi) is 6.86. The number of hydrogen-bond acceptors (Lipinski definition) is 7. The monoisotopic (exact) mass is 434 g/mol. The van der Waals surface area contributed by atoms with Crippen LogP contribution < -0.4 is 10.7 Å². The summed E-state index contributed by atoms with van der Waals surface area (Å²) in [5, 5.41) is 3.98. The lowest BCUT2D eigenvalue weighted by molar-refractivity contribution is -0.178. The Hall–Kier alpha value is -2.77. The van der Waals surface area contributed by atoms with Gasteiger partial charge in [-0.25, -0.2) is 0 Å². The maximum Gasteiger partial charge on any atom is 0.108 e. The van der Waals surface area contributed by atoms with Crippen LogP contribution >= 0.6 is 0 Å². The van der Waals surface area contributed by atoms with Crippen molar-refractivity contribution in [2.24, 2.45) is 15.9 Å². The lowest BCUT2D eigenvalue weighted by Crippen LogP contribution is -2.47. The van der Waals surface area contributed by atoms with Crippen LogP contribution in [0.4, 0.5) is 5.69 Å². The van der Waals surface area contributed by atoms with Gasteiger partial charge in [0.2, 0.25) is 0 Å². The summed E-state index contributed by atoms with van der Waals surface area (Å²) in [6.07, 6.45) is 4.86. The number of nitrogens with zero attached hydrogens (tertiary/aromatic N) is 5. The highest BCUT2D eigenvalue weighted by molar-refractivity contribution is 6.38. The molecule has 1 aromatic heterocycles. The van der Waals surface area contributed by atoms with Crippen molar-refractivity contribution >= 4 is 17.6 Å². The van der Waals surface area contributed by atoms with Gasteiger partial charge in [0.05, 0.1) is 23.9 Å². The fourth-order valence-electron chi connectivity index (χ4n) is 4.54. The van der Waals surface area contributed by atoms with Crippen LogP contribution in [0.25, 0.3) is 0 Å². The fraction of sp³-hybridized carbons (Fsp3) is 0.480. The highest BCUT2D eigenvalue weighted by atomic mass is 16.5. The quantitative estimate of drug-likeness (QED) is 0.412. The number of nitrogens with two attached hydrogens (primary N) is 1. The lowest BCUT2D eigenvalue weighted by atomic mass is 9.93. The molecule has 0 spiro atoms. The third kappa shape index (κ3) is 5.53. The molecule has 4 rings (SSSR count). The molecule has 170 valence electrons. The van der Waals surface area contributed by atoms with E-state index in [0.717, 1.165) is 56.0 Å². The molecular formula is C25H34N6O. The number of aromatic nitrogens is 1. The van der Waals surface area contributed by atoms with E-state index in [1.807, 2.05) is 18.3 Å². The van der Waals surface area contributed by atoms with Crippen molar-refractivity contribution in [3.63, 3.8) is 0 Å². The van der Waals surface area contributed by atoms with Crippen molar-refractivity contribution in [1.29, 1.82) is 0 Å². The molecule has 2 aliphatic heterocycles. The van der Waals surface area contributed by atoms with E-state index in [0.29, 0.717) is 12.3 Å². The molecule has 2 aliphatic rings. The number of hydrazone groups is 1. The van der Waals surface area contributed by atoms with Crippen molar-refractivity contribution in [3.05, 3.63) is 59.4 Å².